The van der Waals surface area contributed by atoms with Crippen LogP contribution in [-0.4, -0.2) is 78.8 Å². The van der Waals surface area contributed by atoms with E-state index in [0.717, 1.165) is 50.5 Å². The maximum Gasteiger partial charge on any atom is 0.262 e. The quantitative estimate of drug-likeness (QED) is 0.504. The molecule has 9 nitrogen and oxygen atoms in total. The third-order valence-corrected chi connectivity index (χ3v) is 5.73. The van der Waals surface area contributed by atoms with Gasteiger partial charge < -0.3 is 15.0 Å². The highest BCUT2D eigenvalue weighted by atomic mass is 16.5. The molecule has 0 radical (unpaired) electrons. The molecule has 1 unspecified atom stereocenters. The van der Waals surface area contributed by atoms with Gasteiger partial charge in [0.2, 0.25) is 11.8 Å². The van der Waals surface area contributed by atoms with Crippen molar-refractivity contribution >= 4 is 23.6 Å². The molecule has 2 fully saturated rings. The smallest absolute Gasteiger partial charge is 0.262 e. The maximum absolute atomic E-state index is 12.8. The topological polar surface area (TPSA) is 108 Å². The Morgan fingerprint density at radius 1 is 1.03 bits per heavy atom. The second kappa shape index (κ2) is 8.93. The van der Waals surface area contributed by atoms with E-state index in [1.54, 1.807) is 18.2 Å². The number of hydrogen-bond donors (Lipinski definition) is 2. The van der Waals surface area contributed by atoms with Gasteiger partial charge in [-0.3, -0.25) is 29.4 Å². The summed E-state index contributed by atoms with van der Waals surface area (Å²) >= 11 is 0. The minimum absolute atomic E-state index is 0.102. The van der Waals surface area contributed by atoms with Crippen LogP contribution in [0.2, 0.25) is 0 Å². The van der Waals surface area contributed by atoms with Crippen LogP contribution >= 0.6 is 0 Å². The molecule has 4 amide bonds. The number of fused-ring (bicyclic) bond motifs is 1. The summed E-state index contributed by atoms with van der Waals surface area (Å²) in [5.41, 5.74) is 0.495. The number of piperidine rings is 1. The molecule has 30 heavy (non-hydrogen) atoms. The van der Waals surface area contributed by atoms with E-state index in [9.17, 15) is 19.2 Å². The van der Waals surface area contributed by atoms with Crippen LogP contribution in [0.25, 0.3) is 0 Å². The summed E-state index contributed by atoms with van der Waals surface area (Å²) in [5, 5.41) is 5.57. The predicted molar refractivity (Wildman–Crippen MR) is 107 cm³/mol. The van der Waals surface area contributed by atoms with Gasteiger partial charge in [-0.2, -0.15) is 0 Å². The lowest BCUT2D eigenvalue weighted by Crippen LogP contribution is -2.54. The number of ether oxygens (including phenoxy) is 1. The Labute approximate surface area is 174 Å². The van der Waals surface area contributed by atoms with Gasteiger partial charge in [0.05, 0.1) is 17.7 Å². The van der Waals surface area contributed by atoms with Crippen molar-refractivity contribution in [3.05, 3.63) is 29.3 Å². The monoisotopic (exact) mass is 414 g/mol. The van der Waals surface area contributed by atoms with Gasteiger partial charge in [0.25, 0.3) is 11.8 Å². The van der Waals surface area contributed by atoms with Crippen molar-refractivity contribution in [2.75, 3.05) is 39.3 Å². The molecule has 160 valence electrons. The summed E-state index contributed by atoms with van der Waals surface area (Å²) in [5.74, 6) is -1.50. The predicted octanol–water partition coefficient (Wildman–Crippen LogP) is 0.152. The van der Waals surface area contributed by atoms with Crippen LogP contribution in [0.1, 0.15) is 46.4 Å². The number of carbonyl (C=O) groups excluding carboxylic acids is 4. The maximum atomic E-state index is 12.8. The molecule has 1 aromatic carbocycles. The Kier molecular flexibility index (Phi) is 6.10. The van der Waals surface area contributed by atoms with Crippen LogP contribution in [0.3, 0.4) is 0 Å². The van der Waals surface area contributed by atoms with Crippen molar-refractivity contribution in [3.63, 3.8) is 0 Å². The van der Waals surface area contributed by atoms with Gasteiger partial charge in [-0.25, -0.2) is 0 Å². The van der Waals surface area contributed by atoms with Crippen LogP contribution in [0.4, 0.5) is 0 Å². The van der Waals surface area contributed by atoms with Gasteiger partial charge in [-0.05, 0) is 50.6 Å². The fourth-order valence-corrected chi connectivity index (χ4v) is 4.14. The van der Waals surface area contributed by atoms with E-state index in [2.05, 4.69) is 15.5 Å². The van der Waals surface area contributed by atoms with Gasteiger partial charge in [0.1, 0.15) is 11.8 Å². The zero-order chi connectivity index (χ0) is 21.1. The molecule has 0 saturated carbocycles. The second-order valence-electron chi connectivity index (χ2n) is 7.80. The summed E-state index contributed by atoms with van der Waals surface area (Å²) in [7, 11) is 0. The van der Waals surface area contributed by atoms with E-state index in [1.165, 1.54) is 0 Å². The molecule has 0 aromatic heterocycles. The Hall–Kier alpha value is -2.78. The molecule has 2 N–H and O–H groups in total. The number of nitrogens with one attached hydrogen (secondary N) is 2. The Morgan fingerprint density at radius 2 is 1.87 bits per heavy atom. The summed E-state index contributed by atoms with van der Waals surface area (Å²) in [6.07, 6.45) is 2.26. The van der Waals surface area contributed by atoms with Gasteiger partial charge in [0, 0.05) is 26.1 Å². The molecular weight excluding hydrogens is 388 g/mol. The number of carbonyl (C=O) groups is 4. The number of rotatable bonds is 6. The Bertz CT molecular complexity index is 863. The largest absolute Gasteiger partial charge is 0.494 e. The second-order valence-corrected chi connectivity index (χ2v) is 7.80. The summed E-state index contributed by atoms with van der Waals surface area (Å²) in [6, 6.07) is 3.85. The third-order valence-electron chi connectivity index (χ3n) is 5.73. The molecule has 0 spiro atoms. The zero-order valence-corrected chi connectivity index (χ0v) is 16.8. The molecule has 9 heteroatoms. The molecule has 3 aliphatic heterocycles. The molecule has 0 aliphatic carbocycles. The number of benzene rings is 1. The van der Waals surface area contributed by atoms with Crippen molar-refractivity contribution in [2.45, 2.75) is 31.7 Å². The number of imide groups is 2. The van der Waals surface area contributed by atoms with Gasteiger partial charge in [-0.1, -0.05) is 0 Å². The lowest BCUT2D eigenvalue weighted by atomic mass is 10.0. The fourth-order valence-electron chi connectivity index (χ4n) is 4.14. The normalized spacial score (nSPS) is 22.7. The van der Waals surface area contributed by atoms with E-state index in [0.29, 0.717) is 12.4 Å². The van der Waals surface area contributed by atoms with Crippen molar-refractivity contribution in [1.82, 2.24) is 20.4 Å². The van der Waals surface area contributed by atoms with Crippen LogP contribution in [-0.2, 0) is 9.59 Å². The molecule has 2 saturated heterocycles. The van der Waals surface area contributed by atoms with E-state index in [-0.39, 0.29) is 29.9 Å². The number of nitrogens with zero attached hydrogens (tertiary/aromatic N) is 2. The summed E-state index contributed by atoms with van der Waals surface area (Å²) < 4.78 is 5.80. The van der Waals surface area contributed by atoms with Gasteiger partial charge >= 0.3 is 0 Å². The first-order valence-electron chi connectivity index (χ1n) is 10.5. The van der Waals surface area contributed by atoms with Crippen LogP contribution < -0.4 is 15.4 Å². The first kappa shape index (κ1) is 20.5. The van der Waals surface area contributed by atoms with Crippen molar-refractivity contribution in [1.29, 1.82) is 0 Å². The highest BCUT2D eigenvalue weighted by molar-refractivity contribution is 6.23. The highest BCUT2D eigenvalue weighted by Gasteiger charge is 2.44. The van der Waals surface area contributed by atoms with Crippen LogP contribution in [0, 0.1) is 0 Å². The van der Waals surface area contributed by atoms with Crippen LogP contribution in [0.5, 0.6) is 5.75 Å². The lowest BCUT2D eigenvalue weighted by molar-refractivity contribution is -0.136. The summed E-state index contributed by atoms with van der Waals surface area (Å²) in [4.78, 5) is 52.4. The molecule has 3 heterocycles. The van der Waals surface area contributed by atoms with Crippen molar-refractivity contribution in [2.24, 2.45) is 0 Å². The average molecular weight is 414 g/mol. The zero-order valence-electron chi connectivity index (χ0n) is 16.8. The molecule has 1 atom stereocenters. The fraction of sp³-hybridized carbons (Fsp3) is 0.524. The minimum Gasteiger partial charge on any atom is -0.494 e. The Morgan fingerprint density at radius 3 is 2.70 bits per heavy atom. The molecule has 0 bridgehead atoms. The molecule has 4 rings (SSSR count). The molecule has 3 aliphatic rings. The number of hydrogen-bond acceptors (Lipinski definition) is 7. The van der Waals surface area contributed by atoms with E-state index >= 15 is 0 Å². The molecule has 1 aromatic rings. The molecular formula is C21H26N4O5. The first-order chi connectivity index (χ1) is 14.5. The third kappa shape index (κ3) is 4.22. The van der Waals surface area contributed by atoms with E-state index < -0.39 is 23.8 Å². The SMILES string of the molecule is O=C1CCC(N2C(=O)c3ccc(OCCCN4CCCNCC4)cc3C2=O)C(=O)N1. The highest BCUT2D eigenvalue weighted by Crippen LogP contribution is 2.30. The van der Waals surface area contributed by atoms with Crippen molar-refractivity contribution < 1.29 is 23.9 Å². The average Bonchev–Trinajstić information content (AvgIpc) is 2.90. The van der Waals surface area contributed by atoms with Crippen molar-refractivity contribution in [3.8, 4) is 5.75 Å². The lowest BCUT2D eigenvalue weighted by Gasteiger charge is -2.27. The summed E-state index contributed by atoms with van der Waals surface area (Å²) in [6.45, 7) is 5.65. The number of amides is 4. The van der Waals surface area contributed by atoms with E-state index in [4.69, 9.17) is 4.74 Å². The first-order valence-corrected chi connectivity index (χ1v) is 10.5. The van der Waals surface area contributed by atoms with E-state index in [1.807, 2.05) is 0 Å². The minimum atomic E-state index is -0.956. The van der Waals surface area contributed by atoms with Gasteiger partial charge in [0.15, 0.2) is 0 Å². The Balaban J connectivity index is 1.36. The van der Waals surface area contributed by atoms with Crippen LogP contribution in [0.15, 0.2) is 18.2 Å². The standard InChI is InChI=1S/C21H26N4O5/c26-18-6-5-17(19(27)23-18)25-20(28)15-4-3-14(13-16(15)21(25)29)30-12-2-10-24-9-1-7-22-8-11-24/h3-4,13,17,22H,1-2,5-12H2,(H,23,26,27). The van der Waals surface area contributed by atoms with Gasteiger partial charge in [-0.15, -0.1) is 0 Å².